The molecule has 0 radical (unpaired) electrons. The number of anilines is 2. The summed E-state index contributed by atoms with van der Waals surface area (Å²) in [6.45, 7) is 1.01. The summed E-state index contributed by atoms with van der Waals surface area (Å²) < 4.78 is 9.85. The van der Waals surface area contributed by atoms with E-state index in [1.54, 1.807) is 31.2 Å². The van der Waals surface area contributed by atoms with Gasteiger partial charge in [0.25, 0.3) is 11.6 Å². The van der Waals surface area contributed by atoms with Gasteiger partial charge in [-0.25, -0.2) is 0 Å². The molecule has 10 heteroatoms. The van der Waals surface area contributed by atoms with Crippen molar-refractivity contribution < 1.29 is 28.8 Å². The lowest BCUT2D eigenvalue weighted by molar-refractivity contribution is -0.385. The molecule has 0 aliphatic heterocycles. The molecule has 0 heterocycles. The van der Waals surface area contributed by atoms with Crippen LogP contribution in [-0.4, -0.2) is 36.4 Å². The van der Waals surface area contributed by atoms with E-state index in [0.29, 0.717) is 17.0 Å². The molecular formula is C20H21N3O7. The Morgan fingerprint density at radius 2 is 1.60 bits per heavy atom. The van der Waals surface area contributed by atoms with Gasteiger partial charge in [-0.3, -0.25) is 24.5 Å². The zero-order valence-electron chi connectivity index (χ0n) is 16.5. The largest absolute Gasteiger partial charge is 0.497 e. The number of carbonyl (C=O) groups is 3. The molecular weight excluding hydrogens is 394 g/mol. The summed E-state index contributed by atoms with van der Waals surface area (Å²) in [5.74, 6) is -1.10. The molecule has 0 spiro atoms. The molecule has 0 aromatic heterocycles. The second kappa shape index (κ2) is 10.6. The number of amides is 2. The van der Waals surface area contributed by atoms with Gasteiger partial charge in [-0.05, 0) is 37.3 Å². The topological polar surface area (TPSA) is 137 Å². The highest BCUT2D eigenvalue weighted by Crippen LogP contribution is 2.22. The van der Waals surface area contributed by atoms with Gasteiger partial charge >= 0.3 is 5.97 Å². The summed E-state index contributed by atoms with van der Waals surface area (Å²) in [6.07, 6.45) is -0.318. The number of nitrogens with zero attached hydrogens (tertiary/aromatic N) is 1. The van der Waals surface area contributed by atoms with E-state index in [2.05, 4.69) is 10.6 Å². The van der Waals surface area contributed by atoms with Gasteiger partial charge in [0, 0.05) is 29.4 Å². The molecule has 0 aliphatic carbocycles. The third kappa shape index (κ3) is 6.89. The Labute approximate surface area is 172 Å². The van der Waals surface area contributed by atoms with Crippen molar-refractivity contribution in [2.75, 3.05) is 24.4 Å². The SMILES string of the molecule is COc1ccc(NC(=O)CCC(=O)OCC(=O)Nc2ccc(C)c([N+](=O)[O-])c2)cc1. The van der Waals surface area contributed by atoms with E-state index in [9.17, 15) is 24.5 Å². The zero-order valence-corrected chi connectivity index (χ0v) is 16.5. The fourth-order valence-electron chi connectivity index (χ4n) is 2.41. The highest BCUT2D eigenvalue weighted by atomic mass is 16.6. The van der Waals surface area contributed by atoms with Crippen molar-refractivity contribution in [3.63, 3.8) is 0 Å². The number of hydrogen-bond acceptors (Lipinski definition) is 7. The van der Waals surface area contributed by atoms with Crippen LogP contribution in [0.2, 0.25) is 0 Å². The van der Waals surface area contributed by atoms with Gasteiger partial charge in [0.05, 0.1) is 18.5 Å². The Kier molecular flexibility index (Phi) is 7.86. The van der Waals surface area contributed by atoms with Crippen molar-refractivity contribution >= 4 is 34.8 Å². The van der Waals surface area contributed by atoms with Crippen LogP contribution in [-0.2, 0) is 19.1 Å². The Morgan fingerprint density at radius 1 is 0.967 bits per heavy atom. The third-order valence-electron chi connectivity index (χ3n) is 3.98. The van der Waals surface area contributed by atoms with Crippen LogP contribution in [0.5, 0.6) is 5.75 Å². The van der Waals surface area contributed by atoms with Gasteiger partial charge in [0.1, 0.15) is 5.75 Å². The molecule has 158 valence electrons. The summed E-state index contributed by atoms with van der Waals surface area (Å²) in [5, 5.41) is 16.0. The number of nitrogens with one attached hydrogen (secondary N) is 2. The highest BCUT2D eigenvalue weighted by Gasteiger charge is 2.14. The highest BCUT2D eigenvalue weighted by molar-refractivity contribution is 5.94. The standard InChI is InChI=1S/C20H21N3O7/c1-13-3-4-15(11-17(13)23(27)28)22-19(25)12-30-20(26)10-9-18(24)21-14-5-7-16(29-2)8-6-14/h3-8,11H,9-10,12H2,1-2H3,(H,21,24)(H,22,25). The van der Waals surface area contributed by atoms with Crippen LogP contribution in [0.4, 0.5) is 17.1 Å². The molecule has 10 nitrogen and oxygen atoms in total. The van der Waals surface area contributed by atoms with Crippen molar-refractivity contribution in [2.24, 2.45) is 0 Å². The monoisotopic (exact) mass is 415 g/mol. The Morgan fingerprint density at radius 3 is 2.23 bits per heavy atom. The van der Waals surface area contributed by atoms with Crippen molar-refractivity contribution in [1.29, 1.82) is 0 Å². The normalized spacial score (nSPS) is 10.1. The van der Waals surface area contributed by atoms with Gasteiger partial charge < -0.3 is 20.1 Å². The van der Waals surface area contributed by atoms with Crippen LogP contribution >= 0.6 is 0 Å². The lowest BCUT2D eigenvalue weighted by Crippen LogP contribution is -2.21. The lowest BCUT2D eigenvalue weighted by atomic mass is 10.2. The molecule has 0 unspecified atom stereocenters. The molecule has 0 fully saturated rings. The summed E-state index contributed by atoms with van der Waals surface area (Å²) in [5.41, 5.74) is 1.10. The van der Waals surface area contributed by atoms with Crippen LogP contribution in [0.25, 0.3) is 0 Å². The maximum absolute atomic E-state index is 11.9. The number of nitro groups is 1. The van der Waals surface area contributed by atoms with Crippen LogP contribution in [0, 0.1) is 17.0 Å². The van der Waals surface area contributed by atoms with Crippen molar-refractivity contribution in [3.8, 4) is 5.75 Å². The van der Waals surface area contributed by atoms with Crippen molar-refractivity contribution in [2.45, 2.75) is 19.8 Å². The number of hydrogen-bond donors (Lipinski definition) is 2. The van der Waals surface area contributed by atoms with E-state index in [4.69, 9.17) is 9.47 Å². The van der Waals surface area contributed by atoms with E-state index in [1.165, 1.54) is 25.3 Å². The molecule has 2 rings (SSSR count). The maximum atomic E-state index is 11.9. The number of carbonyl (C=O) groups excluding carboxylic acids is 3. The first-order valence-corrected chi connectivity index (χ1v) is 8.93. The molecule has 0 saturated heterocycles. The minimum atomic E-state index is -0.718. The predicted molar refractivity (Wildman–Crippen MR) is 108 cm³/mol. The van der Waals surface area contributed by atoms with Crippen LogP contribution in [0.15, 0.2) is 42.5 Å². The predicted octanol–water partition coefficient (Wildman–Crippen LogP) is 2.81. The number of esters is 1. The fraction of sp³-hybridized carbons (Fsp3) is 0.250. The smallest absolute Gasteiger partial charge is 0.306 e. The number of rotatable bonds is 9. The van der Waals surface area contributed by atoms with Gasteiger partial charge in [-0.1, -0.05) is 6.07 Å². The molecule has 0 saturated carbocycles. The second-order valence-electron chi connectivity index (χ2n) is 6.24. The number of aryl methyl sites for hydroxylation is 1. The molecule has 2 amide bonds. The maximum Gasteiger partial charge on any atom is 0.306 e. The molecule has 2 N–H and O–H groups in total. The first-order valence-electron chi connectivity index (χ1n) is 8.93. The molecule has 2 aromatic carbocycles. The Bertz CT molecular complexity index is 942. The van der Waals surface area contributed by atoms with Crippen LogP contribution in [0.1, 0.15) is 18.4 Å². The van der Waals surface area contributed by atoms with Gasteiger partial charge in [0.2, 0.25) is 5.91 Å². The molecule has 0 bridgehead atoms. The van der Waals surface area contributed by atoms with Crippen molar-refractivity contribution in [3.05, 3.63) is 58.1 Å². The van der Waals surface area contributed by atoms with Gasteiger partial charge in [-0.15, -0.1) is 0 Å². The zero-order chi connectivity index (χ0) is 22.1. The Balaban J connectivity index is 1.73. The molecule has 0 aliphatic rings. The first-order chi connectivity index (χ1) is 14.3. The lowest BCUT2D eigenvalue weighted by Gasteiger charge is -2.08. The van der Waals surface area contributed by atoms with E-state index in [0.717, 1.165) is 0 Å². The third-order valence-corrected chi connectivity index (χ3v) is 3.98. The first kappa shape index (κ1) is 22.3. The molecule has 30 heavy (non-hydrogen) atoms. The molecule has 0 atom stereocenters. The van der Waals surface area contributed by atoms with E-state index >= 15 is 0 Å². The number of methoxy groups -OCH3 is 1. The summed E-state index contributed by atoms with van der Waals surface area (Å²) in [4.78, 5) is 45.9. The van der Waals surface area contributed by atoms with E-state index < -0.39 is 23.4 Å². The van der Waals surface area contributed by atoms with Crippen LogP contribution < -0.4 is 15.4 Å². The average Bonchev–Trinajstić information content (AvgIpc) is 2.72. The fourth-order valence-corrected chi connectivity index (χ4v) is 2.41. The minimum absolute atomic E-state index is 0.114. The van der Waals surface area contributed by atoms with E-state index in [-0.39, 0.29) is 30.1 Å². The molecule has 2 aromatic rings. The number of ether oxygens (including phenoxy) is 2. The minimum Gasteiger partial charge on any atom is -0.497 e. The van der Waals surface area contributed by atoms with Crippen molar-refractivity contribution in [1.82, 2.24) is 0 Å². The van der Waals surface area contributed by atoms with Gasteiger partial charge in [0.15, 0.2) is 6.61 Å². The summed E-state index contributed by atoms with van der Waals surface area (Å²) in [6, 6.07) is 10.9. The second-order valence-corrected chi connectivity index (χ2v) is 6.24. The number of benzene rings is 2. The van der Waals surface area contributed by atoms with E-state index in [1.807, 2.05) is 0 Å². The summed E-state index contributed by atoms with van der Waals surface area (Å²) >= 11 is 0. The number of nitro benzene ring substituents is 1. The van der Waals surface area contributed by atoms with Crippen LogP contribution in [0.3, 0.4) is 0 Å². The Hall–Kier alpha value is -3.95. The van der Waals surface area contributed by atoms with Gasteiger partial charge in [-0.2, -0.15) is 0 Å². The quantitative estimate of drug-likeness (QED) is 0.365. The summed E-state index contributed by atoms with van der Waals surface area (Å²) in [7, 11) is 1.53. The average molecular weight is 415 g/mol.